The molecule has 122 valence electrons. The van der Waals surface area contributed by atoms with E-state index in [0.29, 0.717) is 5.13 Å². The Balaban J connectivity index is 1.93. The molecule has 1 atom stereocenters. The molecule has 1 unspecified atom stereocenters. The summed E-state index contributed by atoms with van der Waals surface area (Å²) in [6.07, 6.45) is 1.74. The number of rotatable bonds is 7. The molecule has 2 aromatic rings. The van der Waals surface area contributed by atoms with Crippen molar-refractivity contribution in [1.82, 2.24) is 10.3 Å². The Morgan fingerprint density at radius 3 is 2.78 bits per heavy atom. The minimum Gasteiger partial charge on any atom is -0.480 e. The molecular formula is C14H17N4O4S+. The van der Waals surface area contributed by atoms with Gasteiger partial charge in [-0.2, -0.15) is 5.48 Å². The molecule has 23 heavy (non-hydrogen) atoms. The lowest BCUT2D eigenvalue weighted by Gasteiger charge is -2.14. The highest BCUT2D eigenvalue weighted by molar-refractivity contribution is 7.18. The van der Waals surface area contributed by atoms with Gasteiger partial charge in [-0.25, -0.2) is 19.4 Å². The number of amides is 2. The Morgan fingerprint density at radius 1 is 1.39 bits per heavy atom. The van der Waals surface area contributed by atoms with Gasteiger partial charge in [-0.15, -0.1) is 0 Å². The van der Waals surface area contributed by atoms with Crippen molar-refractivity contribution < 1.29 is 25.0 Å². The molecule has 0 aliphatic rings. The topological polar surface area (TPSA) is 117 Å². The van der Waals surface area contributed by atoms with E-state index in [1.165, 1.54) is 23.9 Å². The number of hydrogen-bond donors (Lipinski definition) is 4. The number of carboxylic acids is 1. The summed E-state index contributed by atoms with van der Waals surface area (Å²) in [4.78, 5) is 32.1. The highest BCUT2D eigenvalue weighted by Gasteiger charge is 2.21. The van der Waals surface area contributed by atoms with Crippen molar-refractivity contribution in [3.05, 3.63) is 42.1 Å². The lowest BCUT2D eigenvalue weighted by atomic mass is 10.1. The number of carbonyl (C=O) groups excluding carboxylic acids is 1. The first-order valence-corrected chi connectivity index (χ1v) is 7.56. The molecule has 0 saturated carbocycles. The van der Waals surface area contributed by atoms with Gasteiger partial charge < -0.3 is 10.4 Å². The quantitative estimate of drug-likeness (QED) is 0.555. The Kier molecular flexibility index (Phi) is 6.03. The molecule has 0 radical (unpaired) electrons. The molecule has 1 heterocycles. The van der Waals surface area contributed by atoms with Crippen molar-refractivity contribution in [2.45, 2.75) is 12.5 Å². The van der Waals surface area contributed by atoms with Crippen molar-refractivity contribution in [3.8, 4) is 0 Å². The molecule has 0 aliphatic heterocycles. The molecule has 2 amide bonds. The monoisotopic (exact) mass is 337 g/mol. The van der Waals surface area contributed by atoms with Gasteiger partial charge in [0.05, 0.1) is 7.11 Å². The molecule has 8 nitrogen and oxygen atoms in total. The second-order valence-electron chi connectivity index (χ2n) is 4.60. The van der Waals surface area contributed by atoms with Crippen LogP contribution in [0, 0.1) is 0 Å². The maximum absolute atomic E-state index is 11.9. The number of anilines is 1. The third-order valence-electron chi connectivity index (χ3n) is 2.86. The van der Waals surface area contributed by atoms with Gasteiger partial charge in [-0.05, 0) is 16.9 Å². The molecule has 1 aromatic heterocycles. The number of urea groups is 1. The van der Waals surface area contributed by atoms with Crippen molar-refractivity contribution >= 4 is 33.5 Å². The minimum absolute atomic E-state index is 0.199. The minimum atomic E-state index is -1.10. The van der Waals surface area contributed by atoms with E-state index in [1.54, 1.807) is 6.20 Å². The summed E-state index contributed by atoms with van der Waals surface area (Å²) in [7, 11) is 1.51. The molecule has 0 aliphatic carbocycles. The summed E-state index contributed by atoms with van der Waals surface area (Å²) >= 11 is 1.21. The van der Waals surface area contributed by atoms with Gasteiger partial charge in [0.15, 0.2) is 5.13 Å². The summed E-state index contributed by atoms with van der Waals surface area (Å²) in [6, 6.07) is 7.45. The number of hydrogen-bond acceptors (Lipinski definition) is 5. The third-order valence-corrected chi connectivity index (χ3v) is 3.70. The van der Waals surface area contributed by atoms with E-state index >= 15 is 0 Å². The summed E-state index contributed by atoms with van der Waals surface area (Å²) < 4.78 is 0. The molecule has 1 aromatic carbocycles. The van der Waals surface area contributed by atoms with Crippen molar-refractivity contribution in [2.24, 2.45) is 0 Å². The van der Waals surface area contributed by atoms with E-state index in [4.69, 9.17) is 4.84 Å². The smallest absolute Gasteiger partial charge is 0.326 e. The maximum atomic E-state index is 11.9. The zero-order chi connectivity index (χ0) is 16.7. The fourth-order valence-corrected chi connectivity index (χ4v) is 2.58. The van der Waals surface area contributed by atoms with Gasteiger partial charge in [-0.1, -0.05) is 30.3 Å². The predicted molar refractivity (Wildman–Crippen MR) is 84.4 cm³/mol. The summed E-state index contributed by atoms with van der Waals surface area (Å²) in [5, 5.41) is 15.3. The molecule has 5 N–H and O–H groups in total. The van der Waals surface area contributed by atoms with E-state index in [9.17, 15) is 14.7 Å². The molecule has 2 rings (SSSR count). The highest BCUT2D eigenvalue weighted by Crippen LogP contribution is 2.18. The summed E-state index contributed by atoms with van der Waals surface area (Å²) in [5.74, 6) is -1.10. The zero-order valence-corrected chi connectivity index (χ0v) is 13.2. The van der Waals surface area contributed by atoms with E-state index in [0.717, 1.165) is 10.6 Å². The van der Waals surface area contributed by atoms with Crippen LogP contribution in [-0.2, 0) is 16.1 Å². The maximum Gasteiger partial charge on any atom is 0.326 e. The number of nitrogens with two attached hydrogens (primary N) is 1. The van der Waals surface area contributed by atoms with Gasteiger partial charge in [-0.3, -0.25) is 5.32 Å². The van der Waals surface area contributed by atoms with Crippen LogP contribution in [0.1, 0.15) is 5.56 Å². The Bertz CT molecular complexity index is 662. The van der Waals surface area contributed by atoms with Crippen LogP contribution in [0.3, 0.4) is 0 Å². The molecule has 9 heteroatoms. The van der Waals surface area contributed by atoms with Gasteiger partial charge in [0.2, 0.25) is 5.00 Å². The average molecular weight is 337 g/mol. The normalized spacial score (nSPS) is 11.7. The van der Waals surface area contributed by atoms with Gasteiger partial charge in [0.25, 0.3) is 0 Å². The Morgan fingerprint density at radius 2 is 2.13 bits per heavy atom. The van der Waals surface area contributed by atoms with Crippen LogP contribution in [0.5, 0.6) is 0 Å². The van der Waals surface area contributed by atoms with Gasteiger partial charge >= 0.3 is 12.0 Å². The highest BCUT2D eigenvalue weighted by atomic mass is 32.1. The number of thiazole rings is 1. The predicted octanol–water partition coefficient (Wildman–Crippen LogP) is 0.717. The zero-order valence-electron chi connectivity index (χ0n) is 12.4. The van der Waals surface area contributed by atoms with Crippen LogP contribution < -0.4 is 16.1 Å². The average Bonchev–Trinajstić information content (AvgIpc) is 2.95. The lowest BCUT2D eigenvalue weighted by molar-refractivity contribution is -0.827. The largest absolute Gasteiger partial charge is 0.480 e. The van der Waals surface area contributed by atoms with Gasteiger partial charge in [0.1, 0.15) is 12.2 Å². The van der Waals surface area contributed by atoms with Crippen molar-refractivity contribution in [2.75, 3.05) is 12.4 Å². The SMILES string of the molecule is CO[NH2+]c1cnc(NC(=O)NC(Cc2ccccc2)C(=O)O)s1. The first kappa shape index (κ1) is 16.9. The molecule has 0 fully saturated rings. The summed E-state index contributed by atoms with van der Waals surface area (Å²) in [6.45, 7) is 0. The van der Waals surface area contributed by atoms with Crippen LogP contribution in [0.25, 0.3) is 0 Å². The number of aromatic nitrogens is 1. The molecule has 0 spiro atoms. The number of carbonyl (C=O) groups is 2. The second kappa shape index (κ2) is 8.22. The van der Waals surface area contributed by atoms with Crippen LogP contribution in [-0.4, -0.2) is 35.2 Å². The standard InChI is InChI=1S/C14H16N4O4S/c1-22-18-11-8-15-14(23-11)17-13(21)16-10(12(19)20)7-9-5-3-2-4-6-9/h2-6,8,10,18H,7H2,1H3,(H,19,20)(H2,15,16,17,21)/p+1. The molecular weight excluding hydrogens is 320 g/mol. The van der Waals surface area contributed by atoms with E-state index in [-0.39, 0.29) is 6.42 Å². The Hall–Kier alpha value is -2.49. The van der Waals surface area contributed by atoms with Gasteiger partial charge in [0, 0.05) is 6.42 Å². The van der Waals surface area contributed by atoms with Crippen LogP contribution in [0.15, 0.2) is 36.5 Å². The number of quaternary nitrogens is 1. The lowest BCUT2D eigenvalue weighted by Crippen LogP contribution is -2.75. The fraction of sp³-hybridized carbons (Fsp3) is 0.214. The number of carboxylic acid groups (broad SMARTS) is 1. The van der Waals surface area contributed by atoms with Crippen LogP contribution in [0.2, 0.25) is 0 Å². The first-order valence-electron chi connectivity index (χ1n) is 6.74. The fourth-order valence-electron chi connectivity index (χ4n) is 1.86. The Labute approximate surface area is 136 Å². The number of nitrogens with zero attached hydrogens (tertiary/aromatic N) is 1. The van der Waals surface area contributed by atoms with E-state index in [1.807, 2.05) is 30.3 Å². The van der Waals surface area contributed by atoms with E-state index < -0.39 is 18.0 Å². The molecule has 0 bridgehead atoms. The van der Waals surface area contributed by atoms with Crippen LogP contribution >= 0.6 is 11.3 Å². The van der Waals surface area contributed by atoms with Crippen molar-refractivity contribution in [3.63, 3.8) is 0 Å². The van der Waals surface area contributed by atoms with E-state index in [2.05, 4.69) is 15.6 Å². The van der Waals surface area contributed by atoms with Crippen molar-refractivity contribution in [1.29, 1.82) is 0 Å². The number of aliphatic carboxylic acids is 1. The second-order valence-corrected chi connectivity index (χ2v) is 5.66. The van der Waals surface area contributed by atoms with Crippen LogP contribution in [0.4, 0.5) is 14.9 Å². The first-order chi connectivity index (χ1) is 11.1. The number of nitrogens with one attached hydrogen (secondary N) is 2. The molecule has 0 saturated heterocycles. The third kappa shape index (κ3) is 5.33. The summed E-state index contributed by atoms with van der Waals surface area (Å²) in [5.41, 5.74) is 2.32. The number of benzene rings is 1.